The Bertz CT molecular complexity index is 1830. The van der Waals surface area contributed by atoms with Crippen LogP contribution in [0, 0.1) is 0 Å². The Morgan fingerprint density at radius 3 is 1.75 bits per heavy atom. The summed E-state index contributed by atoms with van der Waals surface area (Å²) in [7, 11) is 0. The molecule has 7 nitrogen and oxygen atoms in total. The number of rotatable bonds is 3. The van der Waals surface area contributed by atoms with Gasteiger partial charge in [0.05, 0.1) is 16.8 Å². The van der Waals surface area contributed by atoms with Crippen molar-refractivity contribution in [1.29, 1.82) is 0 Å². The van der Waals surface area contributed by atoms with Gasteiger partial charge in [0.25, 0.3) is 11.7 Å². The molecule has 3 aliphatic rings. The molecule has 1 spiro atoms. The predicted octanol–water partition coefficient (Wildman–Crippen LogP) is 4.96. The number of aliphatic hydroxyl groups excluding tert-OH is 1. The van der Waals surface area contributed by atoms with Crippen LogP contribution in [0.1, 0.15) is 21.5 Å². The van der Waals surface area contributed by atoms with E-state index in [1.54, 1.807) is 115 Å². The second kappa shape index (κ2) is 8.47. The van der Waals surface area contributed by atoms with Gasteiger partial charge in [-0.05, 0) is 24.3 Å². The van der Waals surface area contributed by atoms with Gasteiger partial charge in [0.2, 0.25) is 0 Å². The third kappa shape index (κ3) is 2.88. The standard InChI is InChI=1S/C33H20N2O5/c36-28(20-12-4-1-5-13-20)26-30(38)31(39)35(22-16-8-3-9-17-22)33(26)25-27(23-18-10-11-19-24(23)29(25)37)34(32(33)40)21-14-6-2-7-15-21/h1-19,36H. The first-order valence-corrected chi connectivity index (χ1v) is 12.7. The molecule has 1 fully saturated rings. The summed E-state index contributed by atoms with van der Waals surface area (Å²) in [6.45, 7) is 0. The van der Waals surface area contributed by atoms with Crippen molar-refractivity contribution < 1.29 is 24.3 Å². The minimum absolute atomic E-state index is 0.0388. The fraction of sp³-hybridized carbons (Fsp3) is 0.0303. The maximum atomic E-state index is 15.0. The molecule has 1 unspecified atom stereocenters. The number of hydrogen-bond donors (Lipinski definition) is 1. The molecule has 1 atom stereocenters. The number of amides is 2. The van der Waals surface area contributed by atoms with Crippen molar-refractivity contribution in [2.75, 3.05) is 9.80 Å². The number of nitrogens with zero attached hydrogens (tertiary/aromatic N) is 2. The molecule has 4 aromatic rings. The van der Waals surface area contributed by atoms with Gasteiger partial charge in [-0.25, -0.2) is 0 Å². The number of ketones is 2. The fourth-order valence-electron chi connectivity index (χ4n) is 6.01. The summed E-state index contributed by atoms with van der Waals surface area (Å²) >= 11 is 0. The zero-order valence-corrected chi connectivity index (χ0v) is 20.9. The Morgan fingerprint density at radius 1 is 0.600 bits per heavy atom. The number of para-hydroxylation sites is 2. The van der Waals surface area contributed by atoms with Crippen molar-refractivity contribution in [2.45, 2.75) is 5.54 Å². The van der Waals surface area contributed by atoms with Gasteiger partial charge in [0, 0.05) is 28.1 Å². The first-order valence-electron chi connectivity index (χ1n) is 12.7. The highest BCUT2D eigenvalue weighted by molar-refractivity contribution is 6.58. The Hall–Kier alpha value is -5.56. The summed E-state index contributed by atoms with van der Waals surface area (Å²) < 4.78 is 0. The molecule has 0 aromatic heterocycles. The predicted molar refractivity (Wildman–Crippen MR) is 149 cm³/mol. The van der Waals surface area contributed by atoms with Gasteiger partial charge >= 0.3 is 5.91 Å². The molecule has 0 radical (unpaired) electrons. The number of carbonyl (C=O) groups excluding carboxylic acids is 4. The molecule has 2 amide bonds. The van der Waals surface area contributed by atoms with Crippen LogP contribution >= 0.6 is 0 Å². The van der Waals surface area contributed by atoms with Crippen molar-refractivity contribution in [2.24, 2.45) is 0 Å². The molecule has 0 saturated carbocycles. The molecular formula is C33H20N2O5. The third-order valence-electron chi connectivity index (χ3n) is 7.62. The number of aliphatic hydroxyl groups is 1. The van der Waals surface area contributed by atoms with Crippen LogP contribution in [0.4, 0.5) is 11.4 Å². The van der Waals surface area contributed by atoms with Crippen LogP contribution in [-0.4, -0.2) is 34.0 Å². The zero-order chi connectivity index (χ0) is 27.6. The van der Waals surface area contributed by atoms with Crippen molar-refractivity contribution >= 4 is 46.2 Å². The number of carbonyl (C=O) groups is 4. The minimum atomic E-state index is -2.24. The second-order valence-electron chi connectivity index (χ2n) is 9.68. The highest BCUT2D eigenvalue weighted by atomic mass is 16.3. The van der Waals surface area contributed by atoms with Crippen LogP contribution in [0.15, 0.2) is 126 Å². The normalized spacial score (nSPS) is 21.0. The van der Waals surface area contributed by atoms with E-state index in [4.69, 9.17) is 0 Å². The molecule has 2 aliphatic heterocycles. The van der Waals surface area contributed by atoms with E-state index in [1.807, 2.05) is 0 Å². The van der Waals surface area contributed by atoms with E-state index in [0.717, 1.165) is 4.90 Å². The first-order chi connectivity index (χ1) is 19.5. The lowest BCUT2D eigenvalue weighted by atomic mass is 9.79. The highest BCUT2D eigenvalue weighted by Gasteiger charge is 2.71. The topological polar surface area (TPSA) is 95.0 Å². The van der Waals surface area contributed by atoms with Crippen molar-refractivity contribution in [1.82, 2.24) is 0 Å². The molecule has 7 rings (SSSR count). The molecule has 1 N–H and O–H groups in total. The average molecular weight is 525 g/mol. The monoisotopic (exact) mass is 524 g/mol. The summed E-state index contributed by atoms with van der Waals surface area (Å²) in [6.07, 6.45) is 0. The van der Waals surface area contributed by atoms with Crippen LogP contribution in [-0.2, 0) is 14.4 Å². The molecule has 192 valence electrons. The molecule has 1 aliphatic carbocycles. The van der Waals surface area contributed by atoms with E-state index in [-0.39, 0.29) is 16.8 Å². The van der Waals surface area contributed by atoms with E-state index in [0.29, 0.717) is 22.5 Å². The van der Waals surface area contributed by atoms with Crippen LogP contribution in [0.5, 0.6) is 0 Å². The van der Waals surface area contributed by atoms with Crippen molar-refractivity contribution in [3.63, 3.8) is 0 Å². The largest absolute Gasteiger partial charge is 0.507 e. The van der Waals surface area contributed by atoms with Gasteiger partial charge in [0.1, 0.15) is 5.76 Å². The maximum absolute atomic E-state index is 15.0. The molecule has 40 heavy (non-hydrogen) atoms. The summed E-state index contributed by atoms with van der Waals surface area (Å²) in [6, 6.07) is 32.2. The van der Waals surface area contributed by atoms with Gasteiger partial charge < -0.3 is 5.11 Å². The van der Waals surface area contributed by atoms with Crippen LogP contribution in [0.3, 0.4) is 0 Å². The van der Waals surface area contributed by atoms with E-state index in [2.05, 4.69) is 0 Å². The Balaban J connectivity index is 1.64. The molecule has 4 aromatic carbocycles. The minimum Gasteiger partial charge on any atom is -0.507 e. The number of benzene rings is 4. The van der Waals surface area contributed by atoms with Gasteiger partial charge in [-0.15, -0.1) is 0 Å². The molecule has 2 heterocycles. The quantitative estimate of drug-likeness (QED) is 0.232. The number of fused-ring (bicyclic) bond motifs is 3. The summed E-state index contributed by atoms with van der Waals surface area (Å²) in [5, 5.41) is 11.7. The first kappa shape index (κ1) is 23.5. The summed E-state index contributed by atoms with van der Waals surface area (Å²) in [4.78, 5) is 59.5. The molecular weight excluding hydrogens is 504 g/mol. The molecule has 0 bridgehead atoms. The number of anilines is 2. The summed E-state index contributed by atoms with van der Waals surface area (Å²) in [5.41, 5.74) is -0.629. The fourth-order valence-corrected chi connectivity index (χ4v) is 6.01. The lowest BCUT2D eigenvalue weighted by Crippen LogP contribution is -2.57. The summed E-state index contributed by atoms with van der Waals surface area (Å²) in [5.74, 6) is -3.78. The zero-order valence-electron chi connectivity index (χ0n) is 20.9. The van der Waals surface area contributed by atoms with Crippen molar-refractivity contribution in [3.8, 4) is 0 Å². The van der Waals surface area contributed by atoms with Crippen LogP contribution in [0.2, 0.25) is 0 Å². The van der Waals surface area contributed by atoms with E-state index in [9.17, 15) is 24.3 Å². The SMILES string of the molecule is O=C1C(=O)N(c2ccccc2)C2(C(=O)N(c3ccccc3)C3=C2C(=O)c2ccccc23)C1=C(O)c1ccccc1. The van der Waals surface area contributed by atoms with Gasteiger partial charge in [0.15, 0.2) is 11.3 Å². The number of hydrogen-bond acceptors (Lipinski definition) is 5. The lowest BCUT2D eigenvalue weighted by molar-refractivity contribution is -0.132. The van der Waals surface area contributed by atoms with Gasteiger partial charge in [-0.1, -0.05) is 91.0 Å². The van der Waals surface area contributed by atoms with Gasteiger partial charge in [-0.3, -0.25) is 29.0 Å². The average Bonchev–Trinajstić information content (AvgIpc) is 3.53. The molecule has 7 heteroatoms. The lowest BCUT2D eigenvalue weighted by Gasteiger charge is -2.36. The Kier molecular flexibility index (Phi) is 4.99. The highest BCUT2D eigenvalue weighted by Crippen LogP contribution is 2.57. The smallest absolute Gasteiger partial charge is 0.300 e. The van der Waals surface area contributed by atoms with Crippen LogP contribution in [0.25, 0.3) is 11.5 Å². The van der Waals surface area contributed by atoms with E-state index in [1.165, 1.54) is 4.90 Å². The van der Waals surface area contributed by atoms with Gasteiger partial charge in [-0.2, -0.15) is 0 Å². The number of Topliss-reactive ketones (excluding diaryl/α,β-unsaturated/α-hetero) is 2. The Morgan fingerprint density at radius 2 is 1.12 bits per heavy atom. The van der Waals surface area contributed by atoms with Crippen LogP contribution < -0.4 is 9.80 Å². The van der Waals surface area contributed by atoms with E-state index < -0.39 is 40.3 Å². The molecule has 1 saturated heterocycles. The third-order valence-corrected chi connectivity index (χ3v) is 7.62. The van der Waals surface area contributed by atoms with E-state index >= 15 is 0 Å². The maximum Gasteiger partial charge on any atom is 0.300 e. The van der Waals surface area contributed by atoms with Crippen molar-refractivity contribution in [3.05, 3.63) is 143 Å². The second-order valence-corrected chi connectivity index (χ2v) is 9.68. The Labute approximate surface area is 228 Å².